The molecule has 1 aliphatic heterocycles. The van der Waals surface area contributed by atoms with E-state index in [1.807, 2.05) is 18.2 Å². The van der Waals surface area contributed by atoms with Gasteiger partial charge in [-0.05, 0) is 30.0 Å². The van der Waals surface area contributed by atoms with Crippen molar-refractivity contribution in [2.45, 2.75) is 33.1 Å². The maximum Gasteiger partial charge on any atom is 0.326 e. The van der Waals surface area contributed by atoms with Crippen LogP contribution in [0.3, 0.4) is 0 Å². The van der Waals surface area contributed by atoms with Gasteiger partial charge in [0, 0.05) is 0 Å². The molecule has 5 heteroatoms. The molecule has 2 rings (SSSR count). The number of anilines is 1. The van der Waals surface area contributed by atoms with E-state index in [4.69, 9.17) is 9.47 Å². The lowest BCUT2D eigenvalue weighted by Crippen LogP contribution is -2.42. The van der Waals surface area contributed by atoms with Gasteiger partial charge in [0.15, 0.2) is 6.61 Å². The number of fused-ring (bicyclic) bond motifs is 1. The lowest BCUT2D eigenvalue weighted by Gasteiger charge is -2.30. The Morgan fingerprint density at radius 3 is 2.71 bits per heavy atom. The van der Waals surface area contributed by atoms with Crippen LogP contribution in [-0.2, 0) is 19.7 Å². The first-order chi connectivity index (χ1) is 9.82. The predicted octanol–water partition coefficient (Wildman–Crippen LogP) is 2.27. The van der Waals surface area contributed by atoms with Gasteiger partial charge >= 0.3 is 5.97 Å². The highest BCUT2D eigenvalue weighted by Gasteiger charge is 2.29. The van der Waals surface area contributed by atoms with Crippen LogP contribution in [0.1, 0.15) is 33.3 Å². The number of carbonyl (C=O) groups is 2. The first kappa shape index (κ1) is 15.4. The normalized spacial score (nSPS) is 14.5. The van der Waals surface area contributed by atoms with Crippen molar-refractivity contribution in [1.82, 2.24) is 0 Å². The zero-order valence-corrected chi connectivity index (χ0v) is 12.9. The number of ether oxygens (including phenoxy) is 2. The Kier molecular flexibility index (Phi) is 4.21. The van der Waals surface area contributed by atoms with Gasteiger partial charge in [0.25, 0.3) is 5.91 Å². The fourth-order valence-corrected chi connectivity index (χ4v) is 2.18. The number of rotatable bonds is 3. The highest BCUT2D eigenvalue weighted by atomic mass is 16.5. The van der Waals surface area contributed by atoms with Crippen molar-refractivity contribution in [2.75, 3.05) is 24.7 Å². The van der Waals surface area contributed by atoms with Crippen molar-refractivity contribution in [3.8, 4) is 5.75 Å². The van der Waals surface area contributed by atoms with Gasteiger partial charge in [-0.1, -0.05) is 26.8 Å². The minimum absolute atomic E-state index is 0.00812. The van der Waals surface area contributed by atoms with E-state index in [0.29, 0.717) is 18.0 Å². The van der Waals surface area contributed by atoms with Crippen LogP contribution in [0.15, 0.2) is 18.2 Å². The minimum Gasteiger partial charge on any atom is -0.482 e. The van der Waals surface area contributed by atoms with E-state index in [9.17, 15) is 9.59 Å². The van der Waals surface area contributed by atoms with Crippen molar-refractivity contribution >= 4 is 17.6 Å². The van der Waals surface area contributed by atoms with Crippen molar-refractivity contribution in [1.29, 1.82) is 0 Å². The van der Waals surface area contributed by atoms with Gasteiger partial charge in [-0.25, -0.2) is 0 Å². The van der Waals surface area contributed by atoms with Gasteiger partial charge in [0.2, 0.25) is 0 Å². The molecule has 1 aromatic rings. The first-order valence-electron chi connectivity index (χ1n) is 7.06. The molecule has 0 bridgehead atoms. The van der Waals surface area contributed by atoms with Gasteiger partial charge in [-0.2, -0.15) is 0 Å². The van der Waals surface area contributed by atoms with Crippen LogP contribution in [0, 0.1) is 0 Å². The maximum absolute atomic E-state index is 12.0. The number of hydrogen-bond donors (Lipinski definition) is 0. The molecular formula is C16H21NO4. The zero-order valence-electron chi connectivity index (χ0n) is 12.9. The van der Waals surface area contributed by atoms with E-state index in [1.54, 1.807) is 6.92 Å². The van der Waals surface area contributed by atoms with E-state index in [0.717, 1.165) is 5.56 Å². The van der Waals surface area contributed by atoms with E-state index in [-0.39, 0.29) is 24.5 Å². The number of esters is 1. The summed E-state index contributed by atoms with van der Waals surface area (Å²) in [5.41, 5.74) is 1.73. The van der Waals surface area contributed by atoms with E-state index >= 15 is 0 Å². The summed E-state index contributed by atoms with van der Waals surface area (Å²) >= 11 is 0. The second kappa shape index (κ2) is 5.76. The van der Waals surface area contributed by atoms with Crippen molar-refractivity contribution in [2.24, 2.45) is 0 Å². The number of hydrogen-bond acceptors (Lipinski definition) is 4. The standard InChI is InChI=1S/C16H21NO4/c1-5-20-15(19)9-17-12-7-6-11(16(2,3)4)8-13(12)21-10-14(17)18/h6-8H,5,9-10H2,1-4H3. The van der Waals surface area contributed by atoms with Crippen molar-refractivity contribution in [3.63, 3.8) is 0 Å². The molecule has 1 heterocycles. The monoisotopic (exact) mass is 291 g/mol. The molecule has 114 valence electrons. The highest BCUT2D eigenvalue weighted by Crippen LogP contribution is 2.36. The zero-order chi connectivity index (χ0) is 15.6. The van der Waals surface area contributed by atoms with Gasteiger partial charge in [-0.15, -0.1) is 0 Å². The quantitative estimate of drug-likeness (QED) is 0.802. The van der Waals surface area contributed by atoms with Crippen LogP contribution in [-0.4, -0.2) is 31.6 Å². The van der Waals surface area contributed by atoms with E-state index < -0.39 is 5.97 Å². The molecule has 21 heavy (non-hydrogen) atoms. The average Bonchev–Trinajstić information content (AvgIpc) is 2.41. The molecule has 0 N–H and O–H groups in total. The summed E-state index contributed by atoms with van der Waals surface area (Å²) in [5.74, 6) is -0.0241. The largest absolute Gasteiger partial charge is 0.482 e. The van der Waals surface area contributed by atoms with Gasteiger partial charge < -0.3 is 9.47 Å². The molecule has 0 unspecified atom stereocenters. The Balaban J connectivity index is 2.31. The molecule has 5 nitrogen and oxygen atoms in total. The lowest BCUT2D eigenvalue weighted by molar-refractivity contribution is -0.142. The molecule has 0 aliphatic carbocycles. The number of benzene rings is 1. The summed E-state index contributed by atoms with van der Waals surface area (Å²) in [6.45, 7) is 8.23. The minimum atomic E-state index is -0.418. The smallest absolute Gasteiger partial charge is 0.326 e. The topological polar surface area (TPSA) is 55.8 Å². The lowest BCUT2D eigenvalue weighted by atomic mass is 9.86. The van der Waals surface area contributed by atoms with Crippen LogP contribution in [0.4, 0.5) is 5.69 Å². The van der Waals surface area contributed by atoms with Crippen molar-refractivity contribution < 1.29 is 19.1 Å². The summed E-state index contributed by atoms with van der Waals surface area (Å²) in [5, 5.41) is 0. The Bertz CT molecular complexity index is 560. The molecule has 1 aliphatic rings. The third-order valence-electron chi connectivity index (χ3n) is 3.36. The molecule has 0 aromatic heterocycles. The average molecular weight is 291 g/mol. The summed E-state index contributed by atoms with van der Waals surface area (Å²) < 4.78 is 10.4. The van der Waals surface area contributed by atoms with Crippen LogP contribution in [0.2, 0.25) is 0 Å². The highest BCUT2D eigenvalue weighted by molar-refractivity contribution is 6.01. The molecule has 1 aromatic carbocycles. The number of nitrogens with zero attached hydrogens (tertiary/aromatic N) is 1. The van der Waals surface area contributed by atoms with Gasteiger partial charge in [0.1, 0.15) is 12.3 Å². The second-order valence-corrected chi connectivity index (χ2v) is 6.01. The molecule has 0 atom stereocenters. The Labute approximate surface area is 124 Å². The Hall–Kier alpha value is -2.04. The van der Waals surface area contributed by atoms with Crippen molar-refractivity contribution in [3.05, 3.63) is 23.8 Å². The van der Waals surface area contributed by atoms with E-state index in [2.05, 4.69) is 20.8 Å². The summed E-state index contributed by atoms with van der Waals surface area (Å²) in [7, 11) is 0. The summed E-state index contributed by atoms with van der Waals surface area (Å²) in [4.78, 5) is 25.0. The third-order valence-corrected chi connectivity index (χ3v) is 3.36. The van der Waals surface area contributed by atoms with Crippen LogP contribution < -0.4 is 9.64 Å². The molecule has 0 saturated heterocycles. The van der Waals surface area contributed by atoms with Crippen LogP contribution in [0.25, 0.3) is 0 Å². The molecule has 0 radical (unpaired) electrons. The second-order valence-electron chi connectivity index (χ2n) is 6.01. The van der Waals surface area contributed by atoms with Gasteiger partial charge in [-0.3, -0.25) is 14.5 Å². The van der Waals surface area contributed by atoms with Gasteiger partial charge in [0.05, 0.1) is 12.3 Å². The summed E-state index contributed by atoms with van der Waals surface area (Å²) in [6, 6.07) is 5.71. The Morgan fingerprint density at radius 1 is 1.38 bits per heavy atom. The SMILES string of the molecule is CCOC(=O)CN1C(=O)COc2cc(C(C)(C)C)ccc21. The fraction of sp³-hybridized carbons (Fsp3) is 0.500. The fourth-order valence-electron chi connectivity index (χ4n) is 2.18. The van der Waals surface area contributed by atoms with E-state index in [1.165, 1.54) is 4.90 Å². The number of carbonyl (C=O) groups excluding carboxylic acids is 2. The summed E-state index contributed by atoms with van der Waals surface area (Å²) in [6.07, 6.45) is 0. The number of amides is 1. The molecule has 0 fully saturated rings. The molecule has 0 spiro atoms. The predicted molar refractivity (Wildman–Crippen MR) is 79.6 cm³/mol. The van der Waals surface area contributed by atoms with Crippen LogP contribution >= 0.6 is 0 Å². The Morgan fingerprint density at radius 2 is 2.10 bits per heavy atom. The van der Waals surface area contributed by atoms with Crippen LogP contribution in [0.5, 0.6) is 5.75 Å². The maximum atomic E-state index is 12.0. The third kappa shape index (κ3) is 3.35. The first-order valence-corrected chi connectivity index (χ1v) is 7.06. The molecule has 1 amide bonds. The molecule has 0 saturated carbocycles. The molecular weight excluding hydrogens is 270 g/mol.